The van der Waals surface area contributed by atoms with E-state index in [2.05, 4.69) is 4.72 Å². The van der Waals surface area contributed by atoms with Crippen LogP contribution in [0.4, 0.5) is 10.1 Å². The number of hydrogen-bond acceptors (Lipinski definition) is 3. The molecular weight excluding hydrogens is 334 g/mol. The van der Waals surface area contributed by atoms with Crippen LogP contribution in [-0.2, 0) is 10.0 Å². The van der Waals surface area contributed by atoms with Crippen LogP contribution < -0.4 is 10.5 Å². The summed E-state index contributed by atoms with van der Waals surface area (Å²) in [6.45, 7) is 1.63. The van der Waals surface area contributed by atoms with E-state index in [1.165, 1.54) is 0 Å². The highest BCUT2D eigenvalue weighted by molar-refractivity contribution is 7.95. The maximum atomic E-state index is 13.2. The lowest BCUT2D eigenvalue weighted by Gasteiger charge is -2.16. The van der Waals surface area contributed by atoms with Crippen LogP contribution in [0, 0.1) is 5.82 Å². The van der Waals surface area contributed by atoms with Gasteiger partial charge in [0.25, 0.3) is 0 Å². The van der Waals surface area contributed by atoms with Gasteiger partial charge in [0.15, 0.2) is 5.82 Å². The van der Waals surface area contributed by atoms with Gasteiger partial charge in [-0.1, -0.05) is 42.3 Å². The van der Waals surface area contributed by atoms with Gasteiger partial charge in [0.2, 0.25) is 10.0 Å². The van der Waals surface area contributed by atoms with E-state index < -0.39 is 21.1 Å². The first-order valence-electron chi connectivity index (χ1n) is 5.14. The summed E-state index contributed by atoms with van der Waals surface area (Å²) < 4.78 is 39.5. The fourth-order valence-corrected chi connectivity index (χ4v) is 3.79. The molecule has 0 aliphatic carbocycles. The summed E-state index contributed by atoms with van der Waals surface area (Å²) in [6, 6.07) is 2.24. The molecule has 1 unspecified atom stereocenters. The van der Waals surface area contributed by atoms with Crippen molar-refractivity contribution in [3.8, 4) is 0 Å². The number of rotatable bonds is 5. The van der Waals surface area contributed by atoms with Crippen LogP contribution in [-0.4, -0.2) is 18.7 Å². The molecule has 3 N–H and O–H groups in total. The van der Waals surface area contributed by atoms with E-state index in [1.807, 2.05) is 0 Å². The number of nitrogens with two attached hydrogens (primary N) is 1. The molecule has 106 valence electrons. The first-order valence-corrected chi connectivity index (χ1v) is 7.85. The van der Waals surface area contributed by atoms with Crippen LogP contribution in [0.2, 0.25) is 10.0 Å². The summed E-state index contributed by atoms with van der Waals surface area (Å²) >= 11 is 15.9. The topological polar surface area (TPSA) is 72.2 Å². The van der Waals surface area contributed by atoms with Gasteiger partial charge in [-0.3, -0.25) is 4.72 Å². The highest BCUT2D eigenvalue weighted by Gasteiger charge is 2.26. The molecular formula is C10H11Cl2FN2O2S2. The van der Waals surface area contributed by atoms with Crippen LogP contribution in [0.15, 0.2) is 12.1 Å². The molecule has 0 radical (unpaired) electrons. The van der Waals surface area contributed by atoms with Crippen molar-refractivity contribution in [3.05, 3.63) is 28.0 Å². The van der Waals surface area contributed by atoms with Gasteiger partial charge in [-0.05, 0) is 18.6 Å². The lowest BCUT2D eigenvalue weighted by molar-refractivity contribution is 0.594. The van der Waals surface area contributed by atoms with Gasteiger partial charge in [-0.25, -0.2) is 12.8 Å². The Morgan fingerprint density at radius 3 is 2.32 bits per heavy atom. The van der Waals surface area contributed by atoms with E-state index in [9.17, 15) is 12.8 Å². The quantitative estimate of drug-likeness (QED) is 0.636. The molecule has 1 atom stereocenters. The van der Waals surface area contributed by atoms with Gasteiger partial charge < -0.3 is 5.73 Å². The Balaban J connectivity index is 3.12. The van der Waals surface area contributed by atoms with Gasteiger partial charge in [-0.15, -0.1) is 0 Å². The predicted octanol–water partition coefficient (Wildman–Crippen LogP) is 2.94. The summed E-state index contributed by atoms with van der Waals surface area (Å²) in [6.07, 6.45) is 0.216. The van der Waals surface area contributed by atoms with Crippen LogP contribution in [0.1, 0.15) is 13.3 Å². The molecule has 0 spiro atoms. The highest BCUT2D eigenvalue weighted by atomic mass is 35.5. The van der Waals surface area contributed by atoms with Crippen molar-refractivity contribution in [2.75, 3.05) is 4.72 Å². The summed E-state index contributed by atoms with van der Waals surface area (Å²) in [4.78, 5) is -0.144. The molecule has 9 heteroatoms. The van der Waals surface area contributed by atoms with E-state index in [-0.39, 0.29) is 27.1 Å². The Labute approximate surface area is 126 Å². The number of anilines is 1. The highest BCUT2D eigenvalue weighted by Crippen LogP contribution is 2.28. The van der Waals surface area contributed by atoms with Crippen molar-refractivity contribution in [1.82, 2.24) is 0 Å². The molecule has 0 aliphatic rings. The minimum atomic E-state index is -3.83. The molecule has 0 fully saturated rings. The van der Waals surface area contributed by atoms with E-state index in [0.717, 1.165) is 12.1 Å². The standard InChI is InChI=1S/C10H11Cl2FN2O2S2/c1-2-8(10(14)18)19(16,17)15-5-3-6(11)9(13)7(12)4-5/h3-4,8,15H,2H2,1H3,(H2,14,18). The molecule has 1 rings (SSSR count). The second-order valence-electron chi connectivity index (χ2n) is 3.70. The van der Waals surface area contributed by atoms with Crippen molar-refractivity contribution >= 4 is 56.1 Å². The average molecular weight is 345 g/mol. The minimum absolute atomic E-state index is 0.0473. The molecule has 0 bridgehead atoms. The number of sulfonamides is 1. The molecule has 0 saturated carbocycles. The van der Waals surface area contributed by atoms with Crippen LogP contribution in [0.5, 0.6) is 0 Å². The Morgan fingerprint density at radius 1 is 1.47 bits per heavy atom. The zero-order valence-corrected chi connectivity index (χ0v) is 12.9. The fraction of sp³-hybridized carbons (Fsp3) is 0.300. The summed E-state index contributed by atoms with van der Waals surface area (Å²) in [5.74, 6) is -0.812. The summed E-state index contributed by atoms with van der Waals surface area (Å²) in [7, 11) is -3.83. The third-order valence-electron chi connectivity index (χ3n) is 2.31. The Morgan fingerprint density at radius 2 is 1.95 bits per heavy atom. The normalized spacial score (nSPS) is 13.1. The maximum absolute atomic E-state index is 13.2. The molecule has 0 aromatic heterocycles. The molecule has 1 aromatic carbocycles. The van der Waals surface area contributed by atoms with Crippen molar-refractivity contribution in [1.29, 1.82) is 0 Å². The van der Waals surface area contributed by atoms with Gasteiger partial charge in [0, 0.05) is 0 Å². The van der Waals surface area contributed by atoms with E-state index >= 15 is 0 Å². The SMILES string of the molecule is CCC(C(N)=S)S(=O)(=O)Nc1cc(Cl)c(F)c(Cl)c1. The Bertz CT molecular complexity index is 585. The van der Waals surface area contributed by atoms with Gasteiger partial charge in [0.1, 0.15) is 5.25 Å². The number of thiocarbonyl (C=S) groups is 1. The molecule has 0 heterocycles. The molecule has 0 aliphatic heterocycles. The Hall–Kier alpha value is -0.630. The van der Waals surface area contributed by atoms with Gasteiger partial charge in [-0.2, -0.15) is 0 Å². The minimum Gasteiger partial charge on any atom is -0.392 e. The lowest BCUT2D eigenvalue weighted by Crippen LogP contribution is -2.37. The molecule has 19 heavy (non-hydrogen) atoms. The van der Waals surface area contributed by atoms with Crippen LogP contribution >= 0.6 is 35.4 Å². The zero-order valence-electron chi connectivity index (χ0n) is 9.78. The van der Waals surface area contributed by atoms with Crippen molar-refractivity contribution in [3.63, 3.8) is 0 Å². The molecule has 1 aromatic rings. The van der Waals surface area contributed by atoms with Crippen molar-refractivity contribution in [2.24, 2.45) is 5.73 Å². The van der Waals surface area contributed by atoms with E-state index in [4.69, 9.17) is 41.2 Å². The summed E-state index contributed by atoms with van der Waals surface area (Å²) in [5, 5.41) is -1.59. The largest absolute Gasteiger partial charge is 0.392 e. The third-order valence-corrected chi connectivity index (χ3v) is 5.15. The number of halogens is 3. The predicted molar refractivity (Wildman–Crippen MR) is 79.8 cm³/mol. The number of benzene rings is 1. The molecule has 0 amide bonds. The second kappa shape index (κ2) is 6.21. The van der Waals surface area contributed by atoms with Crippen LogP contribution in [0.25, 0.3) is 0 Å². The Kier molecular flexibility index (Phi) is 5.37. The average Bonchev–Trinajstić information content (AvgIpc) is 2.24. The zero-order chi connectivity index (χ0) is 14.8. The smallest absolute Gasteiger partial charge is 0.242 e. The van der Waals surface area contributed by atoms with E-state index in [0.29, 0.717) is 0 Å². The molecule has 4 nitrogen and oxygen atoms in total. The first kappa shape index (κ1) is 16.4. The number of nitrogens with one attached hydrogen (secondary N) is 1. The van der Waals surface area contributed by atoms with Crippen molar-refractivity contribution in [2.45, 2.75) is 18.6 Å². The summed E-state index contributed by atoms with van der Waals surface area (Å²) in [5.41, 5.74) is 5.42. The van der Waals surface area contributed by atoms with Gasteiger partial charge in [0.05, 0.1) is 20.7 Å². The second-order valence-corrected chi connectivity index (χ2v) is 6.85. The van der Waals surface area contributed by atoms with E-state index in [1.54, 1.807) is 6.92 Å². The number of hydrogen-bond donors (Lipinski definition) is 2. The maximum Gasteiger partial charge on any atom is 0.242 e. The molecule has 0 saturated heterocycles. The van der Waals surface area contributed by atoms with Crippen LogP contribution in [0.3, 0.4) is 0 Å². The van der Waals surface area contributed by atoms with Gasteiger partial charge >= 0.3 is 0 Å². The fourth-order valence-electron chi connectivity index (χ4n) is 1.42. The third kappa shape index (κ3) is 3.92. The first-order chi connectivity index (χ1) is 8.69. The van der Waals surface area contributed by atoms with Crippen molar-refractivity contribution < 1.29 is 12.8 Å². The lowest BCUT2D eigenvalue weighted by atomic mass is 10.3. The monoisotopic (exact) mass is 344 g/mol.